The fraction of sp³-hybridized carbons (Fsp3) is 0.917. The lowest BCUT2D eigenvalue weighted by Crippen LogP contribution is -2.44. The van der Waals surface area contributed by atoms with Crippen LogP contribution in [0.5, 0.6) is 0 Å². The van der Waals surface area contributed by atoms with Crippen LogP contribution in [0, 0.1) is 0 Å². The quantitative estimate of drug-likeness (QED) is 0.499. The molecule has 90 valence electrons. The van der Waals surface area contributed by atoms with Crippen LogP contribution < -0.4 is 5.32 Å². The molecule has 0 aliphatic carbocycles. The molecule has 0 bridgehead atoms. The van der Waals surface area contributed by atoms with Gasteiger partial charge < -0.3 is 10.1 Å². The van der Waals surface area contributed by atoms with E-state index in [1.807, 2.05) is 0 Å². The van der Waals surface area contributed by atoms with Gasteiger partial charge in [-0.2, -0.15) is 0 Å². The Hall–Kier alpha value is -0.570. The second-order valence-corrected chi connectivity index (χ2v) is 3.95. The van der Waals surface area contributed by atoms with E-state index >= 15 is 0 Å². The van der Waals surface area contributed by atoms with E-state index in [0.717, 1.165) is 32.2 Å². The SMILES string of the molecule is CCC(CC)(CC)NCCCC(=O)OC. The highest BCUT2D eigenvalue weighted by molar-refractivity contribution is 5.69. The minimum atomic E-state index is -0.119. The third kappa shape index (κ3) is 5.17. The maximum atomic E-state index is 10.9. The zero-order valence-corrected chi connectivity index (χ0v) is 10.6. The monoisotopic (exact) mass is 215 g/mol. The van der Waals surface area contributed by atoms with Gasteiger partial charge in [0.15, 0.2) is 0 Å². The summed E-state index contributed by atoms with van der Waals surface area (Å²) < 4.78 is 4.59. The first-order valence-electron chi connectivity index (χ1n) is 5.96. The summed E-state index contributed by atoms with van der Waals surface area (Å²) in [7, 11) is 1.43. The van der Waals surface area contributed by atoms with Crippen molar-refractivity contribution in [2.24, 2.45) is 0 Å². The Kier molecular flexibility index (Phi) is 7.39. The van der Waals surface area contributed by atoms with Gasteiger partial charge in [0.05, 0.1) is 7.11 Å². The molecule has 0 amide bonds. The van der Waals surface area contributed by atoms with Gasteiger partial charge in [0.25, 0.3) is 0 Å². The molecule has 0 fully saturated rings. The third-order valence-corrected chi connectivity index (χ3v) is 3.32. The smallest absolute Gasteiger partial charge is 0.305 e. The van der Waals surface area contributed by atoms with Crippen LogP contribution in [0.1, 0.15) is 52.9 Å². The molecule has 0 heterocycles. The first kappa shape index (κ1) is 14.4. The first-order chi connectivity index (χ1) is 7.14. The van der Waals surface area contributed by atoms with Crippen LogP contribution in [0.3, 0.4) is 0 Å². The lowest BCUT2D eigenvalue weighted by Gasteiger charge is -2.32. The average molecular weight is 215 g/mol. The summed E-state index contributed by atoms with van der Waals surface area (Å²) in [4.78, 5) is 10.9. The summed E-state index contributed by atoms with van der Waals surface area (Å²) in [5.41, 5.74) is 0.260. The van der Waals surface area contributed by atoms with Crippen molar-refractivity contribution < 1.29 is 9.53 Å². The zero-order valence-electron chi connectivity index (χ0n) is 10.6. The van der Waals surface area contributed by atoms with Gasteiger partial charge in [-0.25, -0.2) is 0 Å². The third-order valence-electron chi connectivity index (χ3n) is 3.32. The van der Waals surface area contributed by atoms with Gasteiger partial charge in [0, 0.05) is 12.0 Å². The molecular weight excluding hydrogens is 190 g/mol. The molecule has 0 aliphatic heterocycles. The van der Waals surface area contributed by atoms with Crippen LogP contribution in [0.15, 0.2) is 0 Å². The molecule has 0 radical (unpaired) electrons. The standard InChI is InChI=1S/C12H25NO2/c1-5-12(6-2,7-3)13-10-8-9-11(14)15-4/h13H,5-10H2,1-4H3. The predicted molar refractivity (Wildman–Crippen MR) is 62.9 cm³/mol. The molecule has 0 aromatic carbocycles. The highest BCUT2D eigenvalue weighted by atomic mass is 16.5. The highest BCUT2D eigenvalue weighted by Gasteiger charge is 2.22. The van der Waals surface area contributed by atoms with Crippen molar-refractivity contribution in [2.45, 2.75) is 58.4 Å². The lowest BCUT2D eigenvalue weighted by molar-refractivity contribution is -0.140. The molecule has 0 aromatic heterocycles. The van der Waals surface area contributed by atoms with Gasteiger partial charge in [0.1, 0.15) is 0 Å². The molecule has 0 spiro atoms. The van der Waals surface area contributed by atoms with Crippen molar-refractivity contribution in [2.75, 3.05) is 13.7 Å². The van der Waals surface area contributed by atoms with Gasteiger partial charge in [0.2, 0.25) is 0 Å². The van der Waals surface area contributed by atoms with Crippen molar-refractivity contribution >= 4 is 5.97 Å². The Bertz CT molecular complexity index is 168. The van der Waals surface area contributed by atoms with Crippen LogP contribution in [-0.4, -0.2) is 25.2 Å². The number of rotatable bonds is 8. The summed E-state index contributed by atoms with van der Waals surface area (Å²) in [6.07, 6.45) is 4.78. The minimum Gasteiger partial charge on any atom is -0.469 e. The van der Waals surface area contributed by atoms with Crippen molar-refractivity contribution in [3.05, 3.63) is 0 Å². The average Bonchev–Trinajstić information content (AvgIpc) is 2.30. The van der Waals surface area contributed by atoms with Crippen LogP contribution in [0.4, 0.5) is 0 Å². The summed E-state index contributed by atoms with van der Waals surface area (Å²) in [5, 5.41) is 3.55. The van der Waals surface area contributed by atoms with E-state index in [-0.39, 0.29) is 11.5 Å². The lowest BCUT2D eigenvalue weighted by atomic mass is 9.90. The van der Waals surface area contributed by atoms with E-state index < -0.39 is 0 Å². The van der Waals surface area contributed by atoms with E-state index in [2.05, 4.69) is 30.8 Å². The number of carbonyl (C=O) groups excluding carboxylic acids is 1. The highest BCUT2D eigenvalue weighted by Crippen LogP contribution is 2.18. The van der Waals surface area contributed by atoms with Crippen molar-refractivity contribution in [1.82, 2.24) is 5.32 Å². The maximum Gasteiger partial charge on any atom is 0.305 e. The van der Waals surface area contributed by atoms with E-state index in [1.54, 1.807) is 0 Å². The van der Waals surface area contributed by atoms with Crippen LogP contribution >= 0.6 is 0 Å². The van der Waals surface area contributed by atoms with Gasteiger partial charge in [-0.3, -0.25) is 4.79 Å². The number of nitrogens with one attached hydrogen (secondary N) is 1. The molecular formula is C12H25NO2. The predicted octanol–water partition coefficient (Wildman–Crippen LogP) is 2.50. The van der Waals surface area contributed by atoms with Crippen LogP contribution in [0.25, 0.3) is 0 Å². The molecule has 3 heteroatoms. The van der Waals surface area contributed by atoms with E-state index in [9.17, 15) is 4.79 Å². The number of methoxy groups -OCH3 is 1. The Morgan fingerprint density at radius 3 is 2.13 bits per heavy atom. The summed E-state index contributed by atoms with van der Waals surface area (Å²) >= 11 is 0. The number of hydrogen-bond donors (Lipinski definition) is 1. The van der Waals surface area contributed by atoms with Crippen molar-refractivity contribution in [3.8, 4) is 0 Å². The molecule has 15 heavy (non-hydrogen) atoms. The summed E-state index contributed by atoms with van der Waals surface area (Å²) in [5.74, 6) is -0.119. The molecule has 0 atom stereocenters. The summed E-state index contributed by atoms with van der Waals surface area (Å²) in [6.45, 7) is 7.52. The molecule has 0 saturated heterocycles. The first-order valence-corrected chi connectivity index (χ1v) is 5.96. The molecule has 0 aromatic rings. The van der Waals surface area contributed by atoms with E-state index in [1.165, 1.54) is 7.11 Å². The number of esters is 1. The molecule has 0 rings (SSSR count). The fourth-order valence-electron chi connectivity index (χ4n) is 1.81. The zero-order chi connectivity index (χ0) is 11.7. The van der Waals surface area contributed by atoms with E-state index in [0.29, 0.717) is 6.42 Å². The Balaban J connectivity index is 3.76. The number of ether oxygens (including phenoxy) is 1. The largest absolute Gasteiger partial charge is 0.469 e. The molecule has 3 nitrogen and oxygen atoms in total. The molecule has 0 unspecified atom stereocenters. The maximum absolute atomic E-state index is 10.9. The van der Waals surface area contributed by atoms with Crippen molar-refractivity contribution in [3.63, 3.8) is 0 Å². The Labute approximate surface area is 93.6 Å². The molecule has 0 saturated carbocycles. The molecule has 0 aliphatic rings. The topological polar surface area (TPSA) is 38.3 Å². The normalized spacial score (nSPS) is 11.5. The van der Waals surface area contributed by atoms with Gasteiger partial charge >= 0.3 is 5.97 Å². The van der Waals surface area contributed by atoms with Gasteiger partial charge in [-0.05, 0) is 32.2 Å². The number of carbonyl (C=O) groups is 1. The Morgan fingerprint density at radius 1 is 1.20 bits per heavy atom. The van der Waals surface area contributed by atoms with E-state index in [4.69, 9.17) is 0 Å². The van der Waals surface area contributed by atoms with Crippen LogP contribution in [0.2, 0.25) is 0 Å². The van der Waals surface area contributed by atoms with Gasteiger partial charge in [-0.15, -0.1) is 0 Å². The number of hydrogen-bond acceptors (Lipinski definition) is 3. The van der Waals surface area contributed by atoms with Crippen LogP contribution in [-0.2, 0) is 9.53 Å². The fourth-order valence-corrected chi connectivity index (χ4v) is 1.81. The summed E-state index contributed by atoms with van der Waals surface area (Å²) in [6, 6.07) is 0. The Morgan fingerprint density at radius 2 is 1.73 bits per heavy atom. The van der Waals surface area contributed by atoms with Gasteiger partial charge in [-0.1, -0.05) is 20.8 Å². The van der Waals surface area contributed by atoms with Crippen molar-refractivity contribution in [1.29, 1.82) is 0 Å². The molecule has 1 N–H and O–H groups in total. The second-order valence-electron chi connectivity index (χ2n) is 3.95. The second kappa shape index (κ2) is 7.69. The minimum absolute atomic E-state index is 0.119.